The molecular formula is C21H20F3N3O2. The molecule has 29 heavy (non-hydrogen) atoms. The average molecular weight is 403 g/mol. The van der Waals surface area contributed by atoms with Crippen molar-refractivity contribution < 1.29 is 22.4 Å². The van der Waals surface area contributed by atoms with Gasteiger partial charge in [0.05, 0.1) is 18.2 Å². The van der Waals surface area contributed by atoms with Crippen molar-refractivity contribution in [1.82, 2.24) is 10.1 Å². The van der Waals surface area contributed by atoms with E-state index in [0.29, 0.717) is 24.4 Å². The number of hydrogen-bond donors (Lipinski definition) is 0. The Bertz CT molecular complexity index is 995. The molecular weight excluding hydrogens is 383 g/mol. The van der Waals surface area contributed by atoms with Gasteiger partial charge in [0.1, 0.15) is 5.75 Å². The van der Waals surface area contributed by atoms with Gasteiger partial charge in [0.15, 0.2) is 0 Å². The lowest BCUT2D eigenvalue weighted by molar-refractivity contribution is -0.137. The Hall–Kier alpha value is -3.03. The van der Waals surface area contributed by atoms with Crippen LogP contribution in [0.25, 0.3) is 22.8 Å². The van der Waals surface area contributed by atoms with E-state index in [0.717, 1.165) is 25.3 Å². The number of hydrogen-bond acceptors (Lipinski definition) is 5. The smallest absolute Gasteiger partial charge is 0.418 e. The van der Waals surface area contributed by atoms with Gasteiger partial charge in [-0.2, -0.15) is 18.2 Å². The van der Waals surface area contributed by atoms with Crippen LogP contribution in [-0.2, 0) is 6.18 Å². The van der Waals surface area contributed by atoms with Crippen molar-refractivity contribution in [1.29, 1.82) is 0 Å². The highest BCUT2D eigenvalue weighted by Gasteiger charge is 2.36. The second-order valence-corrected chi connectivity index (χ2v) is 6.90. The molecule has 0 aliphatic carbocycles. The Balaban J connectivity index is 1.72. The van der Waals surface area contributed by atoms with Crippen molar-refractivity contribution in [2.75, 3.05) is 25.1 Å². The van der Waals surface area contributed by atoms with Gasteiger partial charge in [-0.25, -0.2) is 0 Å². The third-order valence-corrected chi connectivity index (χ3v) is 5.02. The molecule has 1 aromatic heterocycles. The van der Waals surface area contributed by atoms with Gasteiger partial charge in [0, 0.05) is 24.3 Å². The molecule has 152 valence electrons. The first-order chi connectivity index (χ1) is 14.0. The van der Waals surface area contributed by atoms with E-state index < -0.39 is 11.7 Å². The number of nitrogens with zero attached hydrogens (tertiary/aromatic N) is 3. The van der Waals surface area contributed by atoms with Gasteiger partial charge >= 0.3 is 6.18 Å². The van der Waals surface area contributed by atoms with Crippen LogP contribution in [0, 0.1) is 0 Å². The number of rotatable bonds is 4. The first kappa shape index (κ1) is 19.3. The summed E-state index contributed by atoms with van der Waals surface area (Å²) in [6.07, 6.45) is -1.64. The van der Waals surface area contributed by atoms with Crippen molar-refractivity contribution in [3.05, 3.63) is 48.0 Å². The molecule has 0 radical (unpaired) electrons. The maximum atomic E-state index is 13.8. The van der Waals surface area contributed by atoms with Crippen LogP contribution in [0.15, 0.2) is 47.0 Å². The lowest BCUT2D eigenvalue weighted by Gasteiger charge is -2.31. The Morgan fingerprint density at radius 1 is 1.03 bits per heavy atom. The zero-order valence-corrected chi connectivity index (χ0v) is 15.9. The fourth-order valence-corrected chi connectivity index (χ4v) is 3.59. The lowest BCUT2D eigenvalue weighted by Crippen LogP contribution is -2.31. The van der Waals surface area contributed by atoms with Crippen LogP contribution in [0.5, 0.6) is 5.75 Å². The molecule has 0 N–H and O–H groups in total. The molecule has 1 aliphatic rings. The first-order valence-electron chi connectivity index (χ1n) is 9.41. The normalized spacial score (nSPS) is 14.8. The maximum Gasteiger partial charge on any atom is 0.418 e. The molecule has 0 bridgehead atoms. The van der Waals surface area contributed by atoms with Gasteiger partial charge in [-0.15, -0.1) is 0 Å². The summed E-state index contributed by atoms with van der Waals surface area (Å²) in [5.41, 5.74) is 0.345. The number of aromatic nitrogens is 2. The Morgan fingerprint density at radius 2 is 1.79 bits per heavy atom. The minimum atomic E-state index is -4.48. The van der Waals surface area contributed by atoms with Crippen LogP contribution >= 0.6 is 0 Å². The maximum absolute atomic E-state index is 13.8. The Morgan fingerprint density at radius 3 is 2.52 bits per heavy atom. The number of anilines is 1. The number of methoxy groups -OCH3 is 1. The second kappa shape index (κ2) is 7.77. The van der Waals surface area contributed by atoms with Crippen molar-refractivity contribution in [2.45, 2.75) is 25.4 Å². The average Bonchev–Trinajstić information content (AvgIpc) is 3.23. The van der Waals surface area contributed by atoms with E-state index in [1.807, 2.05) is 0 Å². The zero-order chi connectivity index (χ0) is 20.4. The van der Waals surface area contributed by atoms with E-state index in [4.69, 9.17) is 9.26 Å². The van der Waals surface area contributed by atoms with Crippen LogP contribution in [0.4, 0.5) is 18.9 Å². The topological polar surface area (TPSA) is 51.4 Å². The second-order valence-electron chi connectivity index (χ2n) is 6.90. The van der Waals surface area contributed by atoms with E-state index in [1.54, 1.807) is 35.2 Å². The van der Waals surface area contributed by atoms with Crippen LogP contribution in [-0.4, -0.2) is 30.3 Å². The zero-order valence-electron chi connectivity index (χ0n) is 15.9. The summed E-state index contributed by atoms with van der Waals surface area (Å²) in [5, 5.41) is 3.92. The molecule has 0 unspecified atom stereocenters. The first-order valence-corrected chi connectivity index (χ1v) is 9.41. The summed E-state index contributed by atoms with van der Waals surface area (Å²) < 4.78 is 51.8. The summed E-state index contributed by atoms with van der Waals surface area (Å²) in [6, 6.07) is 11.3. The summed E-state index contributed by atoms with van der Waals surface area (Å²) in [4.78, 5) is 6.08. The van der Waals surface area contributed by atoms with E-state index in [9.17, 15) is 13.2 Å². The molecule has 0 saturated carbocycles. The number of alkyl halides is 3. The number of benzene rings is 2. The van der Waals surface area contributed by atoms with Crippen LogP contribution in [0.1, 0.15) is 24.8 Å². The molecule has 2 heterocycles. The van der Waals surface area contributed by atoms with E-state index in [2.05, 4.69) is 10.1 Å². The van der Waals surface area contributed by atoms with Gasteiger partial charge < -0.3 is 14.2 Å². The molecule has 0 atom stereocenters. The monoisotopic (exact) mass is 403 g/mol. The highest BCUT2D eigenvalue weighted by Crippen LogP contribution is 2.40. The minimum Gasteiger partial charge on any atom is -0.496 e. The molecule has 1 aliphatic heterocycles. The van der Waals surface area contributed by atoms with Crippen molar-refractivity contribution >= 4 is 5.69 Å². The Kier molecular flexibility index (Phi) is 5.17. The van der Waals surface area contributed by atoms with Crippen LogP contribution in [0.3, 0.4) is 0 Å². The summed E-state index contributed by atoms with van der Waals surface area (Å²) in [5.74, 6) is 0.837. The fraction of sp³-hybridized carbons (Fsp3) is 0.333. The summed E-state index contributed by atoms with van der Waals surface area (Å²) in [7, 11) is 1.52. The lowest BCUT2D eigenvalue weighted by atomic mass is 10.0. The van der Waals surface area contributed by atoms with Gasteiger partial charge in [-0.05, 0) is 49.6 Å². The van der Waals surface area contributed by atoms with Crippen molar-refractivity contribution in [3.8, 4) is 28.6 Å². The third kappa shape index (κ3) is 3.92. The number of piperidine rings is 1. The van der Waals surface area contributed by atoms with E-state index >= 15 is 0 Å². The largest absolute Gasteiger partial charge is 0.496 e. The molecule has 5 nitrogen and oxygen atoms in total. The molecule has 4 rings (SSSR count). The van der Waals surface area contributed by atoms with E-state index in [1.165, 1.54) is 13.2 Å². The summed E-state index contributed by atoms with van der Waals surface area (Å²) in [6.45, 7) is 1.25. The number of ether oxygens (including phenoxy) is 1. The highest BCUT2D eigenvalue weighted by molar-refractivity contribution is 5.68. The predicted molar refractivity (Wildman–Crippen MR) is 103 cm³/mol. The highest BCUT2D eigenvalue weighted by atomic mass is 19.4. The minimum absolute atomic E-state index is 0.0293. The molecule has 2 aromatic carbocycles. The van der Waals surface area contributed by atoms with Gasteiger partial charge in [-0.3, -0.25) is 0 Å². The molecule has 1 fully saturated rings. The number of para-hydroxylation sites is 1. The van der Waals surface area contributed by atoms with Crippen LogP contribution < -0.4 is 9.64 Å². The standard InChI is InChI=1S/C21H20F3N3O2/c1-28-18-8-4-3-7-15(18)19-25-20(29-26-19)14-9-10-17(16(13-14)21(22,23)24)27-11-5-2-6-12-27/h3-4,7-10,13H,2,5-6,11-12H2,1H3. The predicted octanol–water partition coefficient (Wildman–Crippen LogP) is 5.42. The van der Waals surface area contributed by atoms with Crippen molar-refractivity contribution in [3.63, 3.8) is 0 Å². The SMILES string of the molecule is COc1ccccc1-c1noc(-c2ccc(N3CCCCC3)c(C(F)(F)F)c2)n1. The molecule has 0 amide bonds. The van der Waals surface area contributed by atoms with Crippen molar-refractivity contribution in [2.24, 2.45) is 0 Å². The fourth-order valence-electron chi connectivity index (χ4n) is 3.59. The third-order valence-electron chi connectivity index (χ3n) is 5.02. The van der Waals surface area contributed by atoms with E-state index in [-0.39, 0.29) is 23.0 Å². The van der Waals surface area contributed by atoms with Gasteiger partial charge in [-0.1, -0.05) is 17.3 Å². The number of halogens is 3. The molecule has 3 aromatic rings. The molecule has 0 spiro atoms. The Labute approximate surface area is 166 Å². The van der Waals surface area contributed by atoms with Gasteiger partial charge in [0.2, 0.25) is 5.82 Å². The van der Waals surface area contributed by atoms with Gasteiger partial charge in [0.25, 0.3) is 5.89 Å². The summed E-state index contributed by atoms with van der Waals surface area (Å²) >= 11 is 0. The quantitative estimate of drug-likeness (QED) is 0.582. The molecule has 1 saturated heterocycles. The molecule has 8 heteroatoms. The van der Waals surface area contributed by atoms with Crippen LogP contribution in [0.2, 0.25) is 0 Å².